The van der Waals surface area contributed by atoms with E-state index in [1.165, 1.54) is 22.3 Å². The Morgan fingerprint density at radius 3 is 2.58 bits per heavy atom. The molecule has 170 valence electrons. The van der Waals surface area contributed by atoms with Crippen molar-refractivity contribution in [2.75, 3.05) is 25.2 Å². The van der Waals surface area contributed by atoms with E-state index in [0.717, 1.165) is 17.8 Å². The van der Waals surface area contributed by atoms with Crippen LogP contribution in [0.25, 0.3) is 10.6 Å². The van der Waals surface area contributed by atoms with Crippen LogP contribution >= 0.6 is 23.1 Å². The van der Waals surface area contributed by atoms with E-state index in [9.17, 15) is 28.0 Å². The van der Waals surface area contributed by atoms with Gasteiger partial charge in [-0.05, 0) is 35.7 Å². The molecule has 33 heavy (non-hydrogen) atoms. The number of halogens is 3. The minimum atomic E-state index is -4.75. The minimum absolute atomic E-state index is 0.0779. The number of carbonyl (C=O) groups is 2. The van der Waals surface area contributed by atoms with E-state index in [2.05, 4.69) is 10.3 Å². The first-order valence-electron chi connectivity index (χ1n) is 9.40. The molecule has 0 spiro atoms. The van der Waals surface area contributed by atoms with Gasteiger partial charge in [-0.15, -0.1) is 11.3 Å². The summed E-state index contributed by atoms with van der Waals surface area (Å²) in [7, 11) is 3.20. The SMILES string of the molecule is CN(C)C(=O)c1cccc(NC(=O)CSc2nc(-c3cccs3)cc(C(F)(F)F)c2C#N)c1. The molecule has 0 radical (unpaired) electrons. The number of thioether (sulfide) groups is 1. The summed E-state index contributed by atoms with van der Waals surface area (Å²) in [6, 6.07) is 12.0. The molecule has 6 nitrogen and oxygen atoms in total. The van der Waals surface area contributed by atoms with Crippen LogP contribution < -0.4 is 5.32 Å². The monoisotopic (exact) mass is 490 g/mol. The van der Waals surface area contributed by atoms with E-state index in [1.54, 1.807) is 55.9 Å². The van der Waals surface area contributed by atoms with E-state index >= 15 is 0 Å². The Kier molecular flexibility index (Phi) is 7.40. The summed E-state index contributed by atoms with van der Waals surface area (Å²) in [5, 5.41) is 13.5. The van der Waals surface area contributed by atoms with Crippen molar-refractivity contribution >= 4 is 40.6 Å². The van der Waals surface area contributed by atoms with Crippen LogP contribution in [-0.2, 0) is 11.0 Å². The van der Waals surface area contributed by atoms with Crippen molar-refractivity contribution in [3.63, 3.8) is 0 Å². The van der Waals surface area contributed by atoms with E-state index in [-0.39, 0.29) is 22.4 Å². The first-order valence-corrected chi connectivity index (χ1v) is 11.3. The van der Waals surface area contributed by atoms with Crippen LogP contribution in [0.2, 0.25) is 0 Å². The van der Waals surface area contributed by atoms with Gasteiger partial charge in [0.2, 0.25) is 5.91 Å². The maximum absolute atomic E-state index is 13.6. The average Bonchev–Trinajstić information content (AvgIpc) is 3.31. The maximum atomic E-state index is 13.6. The number of thiophene rings is 1. The molecule has 2 amide bonds. The molecule has 1 aromatic carbocycles. The fourth-order valence-corrected chi connectivity index (χ4v) is 4.32. The zero-order valence-electron chi connectivity index (χ0n) is 17.4. The van der Waals surface area contributed by atoms with E-state index < -0.39 is 23.2 Å². The van der Waals surface area contributed by atoms with E-state index in [1.807, 2.05) is 0 Å². The second kappa shape index (κ2) is 10.1. The topological polar surface area (TPSA) is 86.1 Å². The fraction of sp³-hybridized carbons (Fsp3) is 0.182. The lowest BCUT2D eigenvalue weighted by Crippen LogP contribution is -2.22. The van der Waals surface area contributed by atoms with Gasteiger partial charge in [0.25, 0.3) is 5.91 Å². The van der Waals surface area contributed by atoms with Crippen LogP contribution in [0.15, 0.2) is 52.9 Å². The fourth-order valence-electron chi connectivity index (χ4n) is 2.83. The summed E-state index contributed by atoms with van der Waals surface area (Å²) >= 11 is 1.96. The van der Waals surface area contributed by atoms with Gasteiger partial charge in [-0.25, -0.2) is 4.98 Å². The largest absolute Gasteiger partial charge is 0.417 e. The van der Waals surface area contributed by atoms with Gasteiger partial charge in [-0.2, -0.15) is 18.4 Å². The summed E-state index contributed by atoms with van der Waals surface area (Å²) in [6.07, 6.45) is -4.75. The molecule has 0 saturated carbocycles. The molecule has 0 aliphatic rings. The summed E-state index contributed by atoms with van der Waals surface area (Å²) in [6.45, 7) is 0. The van der Waals surface area contributed by atoms with E-state index in [0.29, 0.717) is 16.1 Å². The Bertz CT molecular complexity index is 1220. The lowest BCUT2D eigenvalue weighted by Gasteiger charge is -2.14. The van der Waals surface area contributed by atoms with Crippen molar-refractivity contribution in [2.24, 2.45) is 0 Å². The summed E-state index contributed by atoms with van der Waals surface area (Å²) < 4.78 is 40.8. The van der Waals surface area contributed by atoms with Gasteiger partial charge < -0.3 is 10.2 Å². The van der Waals surface area contributed by atoms with E-state index in [4.69, 9.17) is 0 Å². The number of pyridine rings is 1. The van der Waals surface area contributed by atoms with Gasteiger partial charge in [-0.3, -0.25) is 9.59 Å². The second-order valence-electron chi connectivity index (χ2n) is 6.94. The molecule has 0 atom stereocenters. The number of rotatable bonds is 6. The number of nitrogens with zero attached hydrogens (tertiary/aromatic N) is 3. The number of alkyl halides is 3. The quantitative estimate of drug-likeness (QED) is 0.484. The summed E-state index contributed by atoms with van der Waals surface area (Å²) in [4.78, 5) is 30.6. The molecular weight excluding hydrogens is 473 g/mol. The zero-order valence-corrected chi connectivity index (χ0v) is 19.1. The number of amides is 2. The highest BCUT2D eigenvalue weighted by Crippen LogP contribution is 2.38. The zero-order chi connectivity index (χ0) is 24.2. The molecule has 0 fully saturated rings. The van der Waals surface area contributed by atoms with Crippen LogP contribution in [0.3, 0.4) is 0 Å². The Hall–Kier alpha value is -3.36. The molecular formula is C22H17F3N4O2S2. The normalized spacial score (nSPS) is 11.0. The summed E-state index contributed by atoms with van der Waals surface area (Å²) in [5.74, 6) is -1.04. The number of hydrogen-bond acceptors (Lipinski definition) is 6. The van der Waals surface area contributed by atoms with Crippen LogP contribution in [-0.4, -0.2) is 41.5 Å². The Morgan fingerprint density at radius 1 is 1.21 bits per heavy atom. The number of benzene rings is 1. The third kappa shape index (κ3) is 5.91. The Balaban J connectivity index is 1.83. The average molecular weight is 491 g/mol. The molecule has 1 N–H and O–H groups in total. The number of nitriles is 1. The number of hydrogen-bond donors (Lipinski definition) is 1. The van der Waals surface area contributed by atoms with Crippen molar-refractivity contribution in [1.29, 1.82) is 5.26 Å². The molecule has 0 saturated heterocycles. The lowest BCUT2D eigenvalue weighted by atomic mass is 10.1. The minimum Gasteiger partial charge on any atom is -0.345 e. The maximum Gasteiger partial charge on any atom is 0.417 e. The standard InChI is InChI=1S/C22H17F3N4O2S2/c1-29(2)21(31)13-5-3-6-14(9-13)27-19(30)12-33-20-15(11-26)16(22(23,24)25)10-17(28-20)18-7-4-8-32-18/h3-10H,12H2,1-2H3,(H,27,30). The van der Waals surface area contributed by atoms with Crippen molar-refractivity contribution in [3.8, 4) is 16.6 Å². The smallest absolute Gasteiger partial charge is 0.345 e. The van der Waals surface area contributed by atoms with Crippen LogP contribution in [0.4, 0.5) is 18.9 Å². The highest BCUT2D eigenvalue weighted by atomic mass is 32.2. The van der Waals surface area contributed by atoms with Gasteiger partial charge in [0, 0.05) is 25.3 Å². The molecule has 0 unspecified atom stereocenters. The van der Waals surface area contributed by atoms with Gasteiger partial charge in [0.1, 0.15) is 11.1 Å². The molecule has 11 heteroatoms. The van der Waals surface area contributed by atoms with Crippen molar-refractivity contribution in [2.45, 2.75) is 11.2 Å². The van der Waals surface area contributed by atoms with Crippen LogP contribution in [0.5, 0.6) is 0 Å². The first-order chi connectivity index (χ1) is 15.6. The lowest BCUT2D eigenvalue weighted by molar-refractivity contribution is -0.138. The third-order valence-corrected chi connectivity index (χ3v) is 6.18. The highest BCUT2D eigenvalue weighted by molar-refractivity contribution is 8.00. The van der Waals surface area contributed by atoms with Crippen LogP contribution in [0, 0.1) is 11.3 Å². The molecule has 0 aliphatic carbocycles. The molecule has 2 aromatic heterocycles. The third-order valence-electron chi connectivity index (χ3n) is 4.32. The first kappa shape index (κ1) is 24.3. The van der Waals surface area contributed by atoms with Crippen molar-refractivity contribution < 1.29 is 22.8 Å². The molecule has 3 rings (SSSR count). The predicted molar refractivity (Wildman–Crippen MR) is 121 cm³/mol. The van der Waals surface area contributed by atoms with Gasteiger partial charge in [0.15, 0.2) is 0 Å². The summed E-state index contributed by atoms with van der Waals surface area (Å²) in [5.41, 5.74) is -0.906. The molecule has 2 heterocycles. The highest BCUT2D eigenvalue weighted by Gasteiger charge is 2.36. The molecule has 0 bridgehead atoms. The number of nitrogens with one attached hydrogen (secondary N) is 1. The molecule has 3 aromatic rings. The van der Waals surface area contributed by atoms with Gasteiger partial charge in [0.05, 0.1) is 27.5 Å². The predicted octanol–water partition coefficient (Wildman–Crippen LogP) is 5.13. The number of aromatic nitrogens is 1. The number of carbonyl (C=O) groups excluding carboxylic acids is 2. The second-order valence-corrected chi connectivity index (χ2v) is 8.85. The van der Waals surface area contributed by atoms with Crippen molar-refractivity contribution in [1.82, 2.24) is 9.88 Å². The Morgan fingerprint density at radius 2 is 1.97 bits per heavy atom. The van der Waals surface area contributed by atoms with Gasteiger partial charge in [-0.1, -0.05) is 23.9 Å². The Labute approximate surface area is 196 Å². The van der Waals surface area contributed by atoms with Crippen molar-refractivity contribution in [3.05, 3.63) is 64.5 Å². The number of anilines is 1. The molecule has 0 aliphatic heterocycles. The van der Waals surface area contributed by atoms with Gasteiger partial charge >= 0.3 is 6.18 Å². The van der Waals surface area contributed by atoms with Crippen LogP contribution in [0.1, 0.15) is 21.5 Å².